The van der Waals surface area contributed by atoms with E-state index >= 15 is 0 Å². The number of amides is 1. The van der Waals surface area contributed by atoms with Crippen molar-refractivity contribution in [2.75, 3.05) is 5.32 Å². The second-order valence-corrected chi connectivity index (χ2v) is 5.51. The second-order valence-electron chi connectivity index (χ2n) is 5.51. The van der Waals surface area contributed by atoms with E-state index in [4.69, 9.17) is 5.73 Å². The molecule has 0 radical (unpaired) electrons. The van der Waals surface area contributed by atoms with E-state index in [1.165, 1.54) is 5.56 Å². The number of aryl methyl sites for hydroxylation is 2. The van der Waals surface area contributed by atoms with Crippen LogP contribution in [0.3, 0.4) is 0 Å². The molecule has 1 saturated carbocycles. The zero-order valence-corrected chi connectivity index (χ0v) is 11.9. The van der Waals surface area contributed by atoms with E-state index in [-0.39, 0.29) is 17.9 Å². The predicted octanol–water partition coefficient (Wildman–Crippen LogP) is 3.01. The maximum absolute atomic E-state index is 12.4. The van der Waals surface area contributed by atoms with E-state index in [1.807, 2.05) is 19.1 Å². The number of benzene rings is 1. The summed E-state index contributed by atoms with van der Waals surface area (Å²) in [5, 5.41) is 3.11. The molecule has 1 fully saturated rings. The number of nitrogens with two attached hydrogens (primary N) is 1. The van der Waals surface area contributed by atoms with Gasteiger partial charge in [-0.1, -0.05) is 38.0 Å². The van der Waals surface area contributed by atoms with Crippen molar-refractivity contribution in [1.29, 1.82) is 0 Å². The van der Waals surface area contributed by atoms with Crippen molar-refractivity contribution in [1.82, 2.24) is 0 Å². The van der Waals surface area contributed by atoms with Crippen molar-refractivity contribution in [3.05, 3.63) is 29.3 Å². The molecular weight excluding hydrogens is 236 g/mol. The smallest absolute Gasteiger partial charge is 0.229 e. The summed E-state index contributed by atoms with van der Waals surface area (Å²) in [6.07, 6.45) is 5.07. The molecule has 3 nitrogen and oxygen atoms in total. The van der Waals surface area contributed by atoms with Gasteiger partial charge in [0.05, 0.1) is 5.92 Å². The Balaban J connectivity index is 2.14. The molecular formula is C16H24N2O. The van der Waals surface area contributed by atoms with Crippen molar-refractivity contribution in [3.8, 4) is 0 Å². The molecule has 3 N–H and O–H groups in total. The van der Waals surface area contributed by atoms with E-state index < -0.39 is 0 Å². The van der Waals surface area contributed by atoms with Crippen LogP contribution < -0.4 is 11.1 Å². The normalized spacial score (nSPS) is 23.1. The Labute approximate surface area is 115 Å². The molecule has 1 aliphatic carbocycles. The van der Waals surface area contributed by atoms with Gasteiger partial charge in [0.2, 0.25) is 5.91 Å². The molecule has 0 saturated heterocycles. The first kappa shape index (κ1) is 14.1. The van der Waals surface area contributed by atoms with Crippen LogP contribution in [0.5, 0.6) is 0 Å². The highest BCUT2D eigenvalue weighted by atomic mass is 16.1. The topological polar surface area (TPSA) is 55.1 Å². The van der Waals surface area contributed by atoms with Gasteiger partial charge in [-0.25, -0.2) is 0 Å². The van der Waals surface area contributed by atoms with Gasteiger partial charge in [-0.05, 0) is 37.3 Å². The molecule has 2 unspecified atom stereocenters. The van der Waals surface area contributed by atoms with Crippen LogP contribution in [0.15, 0.2) is 18.2 Å². The number of rotatable bonds is 3. The van der Waals surface area contributed by atoms with E-state index in [0.717, 1.165) is 43.4 Å². The van der Waals surface area contributed by atoms with Gasteiger partial charge in [-0.2, -0.15) is 0 Å². The van der Waals surface area contributed by atoms with E-state index in [0.29, 0.717) is 0 Å². The first-order valence-electron chi connectivity index (χ1n) is 7.28. The van der Waals surface area contributed by atoms with Crippen LogP contribution >= 0.6 is 0 Å². The third kappa shape index (κ3) is 3.16. The Hall–Kier alpha value is -1.35. The lowest BCUT2D eigenvalue weighted by molar-refractivity contribution is -0.121. The molecule has 1 aliphatic rings. The summed E-state index contributed by atoms with van der Waals surface area (Å²) in [4.78, 5) is 12.4. The highest BCUT2D eigenvalue weighted by molar-refractivity contribution is 5.94. The highest BCUT2D eigenvalue weighted by Gasteiger charge is 2.28. The van der Waals surface area contributed by atoms with Gasteiger partial charge in [0, 0.05) is 11.7 Å². The van der Waals surface area contributed by atoms with Crippen molar-refractivity contribution < 1.29 is 4.79 Å². The SMILES string of the molecule is CCc1cccc(C)c1NC(=O)C1CCCCC1N. The number of anilines is 1. The maximum Gasteiger partial charge on any atom is 0.229 e. The monoisotopic (exact) mass is 260 g/mol. The van der Waals surface area contributed by atoms with Gasteiger partial charge in [-0.3, -0.25) is 4.79 Å². The number of nitrogens with one attached hydrogen (secondary N) is 1. The molecule has 2 atom stereocenters. The Morgan fingerprint density at radius 2 is 2.11 bits per heavy atom. The van der Waals surface area contributed by atoms with Crippen LogP contribution in [0, 0.1) is 12.8 Å². The zero-order chi connectivity index (χ0) is 13.8. The summed E-state index contributed by atoms with van der Waals surface area (Å²) in [5.74, 6) is 0.0641. The summed E-state index contributed by atoms with van der Waals surface area (Å²) in [6.45, 7) is 4.15. The first-order chi connectivity index (χ1) is 9.13. The quantitative estimate of drug-likeness (QED) is 0.877. The molecule has 0 aliphatic heterocycles. The van der Waals surface area contributed by atoms with E-state index in [1.54, 1.807) is 0 Å². The van der Waals surface area contributed by atoms with Crippen molar-refractivity contribution >= 4 is 11.6 Å². The summed E-state index contributed by atoms with van der Waals surface area (Å²) in [5.41, 5.74) is 9.38. The molecule has 0 aromatic heterocycles. The predicted molar refractivity (Wildman–Crippen MR) is 79.1 cm³/mol. The Bertz CT molecular complexity index is 456. The van der Waals surface area contributed by atoms with Crippen LogP contribution in [-0.2, 0) is 11.2 Å². The van der Waals surface area contributed by atoms with Crippen molar-refractivity contribution in [2.45, 2.75) is 52.0 Å². The van der Waals surface area contributed by atoms with Gasteiger partial charge >= 0.3 is 0 Å². The fourth-order valence-corrected chi connectivity index (χ4v) is 2.90. The Kier molecular flexibility index (Phi) is 4.59. The molecule has 0 spiro atoms. The standard InChI is InChI=1S/C16H24N2O/c1-3-12-8-6-7-11(2)15(12)18-16(19)13-9-4-5-10-14(13)17/h6-8,13-14H,3-5,9-10,17H2,1-2H3,(H,18,19). The molecule has 0 bridgehead atoms. The zero-order valence-electron chi connectivity index (χ0n) is 11.9. The minimum absolute atomic E-state index is 0.0165. The van der Waals surface area contributed by atoms with Crippen LogP contribution in [-0.4, -0.2) is 11.9 Å². The molecule has 2 rings (SSSR count). The molecule has 1 aromatic rings. The fourth-order valence-electron chi connectivity index (χ4n) is 2.90. The van der Waals surface area contributed by atoms with Crippen molar-refractivity contribution in [2.24, 2.45) is 11.7 Å². The molecule has 3 heteroatoms. The first-order valence-corrected chi connectivity index (χ1v) is 7.28. The average Bonchev–Trinajstić information content (AvgIpc) is 2.41. The van der Waals surface area contributed by atoms with Crippen molar-refractivity contribution in [3.63, 3.8) is 0 Å². The minimum atomic E-state index is -0.0296. The Morgan fingerprint density at radius 3 is 2.79 bits per heavy atom. The molecule has 1 aromatic carbocycles. The van der Waals surface area contributed by atoms with Crippen LogP contribution in [0.4, 0.5) is 5.69 Å². The van der Waals surface area contributed by atoms with E-state index in [9.17, 15) is 4.79 Å². The van der Waals surface area contributed by atoms with Gasteiger partial charge in [0.1, 0.15) is 0 Å². The summed E-state index contributed by atoms with van der Waals surface area (Å²) in [7, 11) is 0. The van der Waals surface area contributed by atoms with Gasteiger partial charge in [0.25, 0.3) is 0 Å². The number of carbonyl (C=O) groups is 1. The number of para-hydroxylation sites is 1. The summed E-state index contributed by atoms with van der Waals surface area (Å²) >= 11 is 0. The lowest BCUT2D eigenvalue weighted by Crippen LogP contribution is -2.40. The lowest BCUT2D eigenvalue weighted by Gasteiger charge is -2.28. The summed E-state index contributed by atoms with van der Waals surface area (Å²) < 4.78 is 0. The van der Waals surface area contributed by atoms with E-state index in [2.05, 4.69) is 18.3 Å². The number of hydrogen-bond acceptors (Lipinski definition) is 2. The largest absolute Gasteiger partial charge is 0.327 e. The molecule has 19 heavy (non-hydrogen) atoms. The van der Waals surface area contributed by atoms with Crippen LogP contribution in [0.25, 0.3) is 0 Å². The third-order valence-electron chi connectivity index (χ3n) is 4.14. The highest BCUT2D eigenvalue weighted by Crippen LogP contribution is 2.26. The Morgan fingerprint density at radius 1 is 1.37 bits per heavy atom. The number of hydrogen-bond donors (Lipinski definition) is 2. The summed E-state index contributed by atoms with van der Waals surface area (Å²) in [6, 6.07) is 6.16. The molecule has 1 amide bonds. The fraction of sp³-hybridized carbons (Fsp3) is 0.562. The number of carbonyl (C=O) groups excluding carboxylic acids is 1. The van der Waals surface area contributed by atoms with Crippen LogP contribution in [0.2, 0.25) is 0 Å². The van der Waals surface area contributed by atoms with Gasteiger partial charge in [0.15, 0.2) is 0 Å². The average molecular weight is 260 g/mol. The molecule has 104 valence electrons. The molecule has 0 heterocycles. The van der Waals surface area contributed by atoms with Gasteiger partial charge in [-0.15, -0.1) is 0 Å². The lowest BCUT2D eigenvalue weighted by atomic mass is 9.84. The maximum atomic E-state index is 12.4. The van der Waals surface area contributed by atoms with Gasteiger partial charge < -0.3 is 11.1 Å². The minimum Gasteiger partial charge on any atom is -0.327 e. The van der Waals surface area contributed by atoms with Crippen LogP contribution in [0.1, 0.15) is 43.7 Å². The second kappa shape index (κ2) is 6.20. The third-order valence-corrected chi connectivity index (χ3v) is 4.14.